The molecule has 132 valence electrons. The van der Waals surface area contributed by atoms with Gasteiger partial charge in [0.05, 0.1) is 26.5 Å². The number of aryl methyl sites for hydroxylation is 1. The summed E-state index contributed by atoms with van der Waals surface area (Å²) in [6, 6.07) is 3.40. The van der Waals surface area contributed by atoms with Crippen molar-refractivity contribution in [2.45, 2.75) is 25.5 Å². The van der Waals surface area contributed by atoms with Gasteiger partial charge in [0.2, 0.25) is 17.6 Å². The Bertz CT molecular complexity index is 760. The van der Waals surface area contributed by atoms with Gasteiger partial charge in [0.1, 0.15) is 11.7 Å². The summed E-state index contributed by atoms with van der Waals surface area (Å²) in [7, 11) is 1.53. The normalized spacial score (nSPS) is 19.2. The van der Waals surface area contributed by atoms with Crippen LogP contribution in [-0.4, -0.2) is 63.7 Å². The van der Waals surface area contributed by atoms with E-state index in [-0.39, 0.29) is 12.0 Å². The van der Waals surface area contributed by atoms with Crippen molar-refractivity contribution in [3.63, 3.8) is 0 Å². The molecule has 1 atom stereocenters. The minimum Gasteiger partial charge on any atom is -0.480 e. The fraction of sp³-hybridized carbons (Fsp3) is 0.500. The minimum absolute atomic E-state index is 0.0740. The van der Waals surface area contributed by atoms with Crippen molar-refractivity contribution in [3.8, 4) is 17.6 Å². The van der Waals surface area contributed by atoms with E-state index in [2.05, 4.69) is 15.3 Å². The van der Waals surface area contributed by atoms with Crippen molar-refractivity contribution in [1.82, 2.24) is 24.9 Å². The molecule has 9 nitrogen and oxygen atoms in total. The van der Waals surface area contributed by atoms with Gasteiger partial charge in [-0.2, -0.15) is 5.10 Å². The van der Waals surface area contributed by atoms with E-state index in [0.29, 0.717) is 42.9 Å². The Balaban J connectivity index is 1.40. The van der Waals surface area contributed by atoms with Crippen molar-refractivity contribution < 1.29 is 19.0 Å². The van der Waals surface area contributed by atoms with E-state index in [4.69, 9.17) is 14.2 Å². The number of aromatic nitrogens is 4. The summed E-state index contributed by atoms with van der Waals surface area (Å²) < 4.78 is 18.1. The second kappa shape index (κ2) is 6.58. The van der Waals surface area contributed by atoms with Crippen molar-refractivity contribution >= 4 is 5.91 Å². The SMILES string of the molecule is COc1ccc(O[C@@H]2CCN(C(=O)c3cnn4c3OCCC4)C2)nn1. The second-order valence-electron chi connectivity index (χ2n) is 5.98. The third-order valence-corrected chi connectivity index (χ3v) is 4.32. The molecule has 2 aliphatic rings. The number of hydrogen-bond acceptors (Lipinski definition) is 7. The van der Waals surface area contributed by atoms with Crippen LogP contribution in [0.3, 0.4) is 0 Å². The zero-order valence-corrected chi connectivity index (χ0v) is 13.9. The zero-order chi connectivity index (χ0) is 17.2. The first-order valence-corrected chi connectivity index (χ1v) is 8.27. The van der Waals surface area contributed by atoms with Gasteiger partial charge < -0.3 is 19.1 Å². The molecule has 0 aromatic carbocycles. The lowest BCUT2D eigenvalue weighted by Crippen LogP contribution is -2.31. The van der Waals surface area contributed by atoms with Crippen LogP contribution in [0, 0.1) is 0 Å². The monoisotopic (exact) mass is 345 g/mol. The van der Waals surface area contributed by atoms with Gasteiger partial charge in [-0.25, -0.2) is 4.68 Å². The summed E-state index contributed by atoms with van der Waals surface area (Å²) in [5.41, 5.74) is 0.518. The first-order chi connectivity index (χ1) is 12.2. The van der Waals surface area contributed by atoms with Gasteiger partial charge >= 0.3 is 0 Å². The Hall–Kier alpha value is -2.84. The van der Waals surface area contributed by atoms with Crippen LogP contribution in [0.15, 0.2) is 18.3 Å². The molecular formula is C16H19N5O4. The van der Waals surface area contributed by atoms with Crippen LogP contribution in [0.1, 0.15) is 23.2 Å². The van der Waals surface area contributed by atoms with Gasteiger partial charge in [-0.05, 0) is 0 Å². The summed E-state index contributed by atoms with van der Waals surface area (Å²) >= 11 is 0. The molecular weight excluding hydrogens is 326 g/mol. The number of methoxy groups -OCH3 is 1. The standard InChI is InChI=1S/C16H19N5O4/c1-23-13-3-4-14(19-18-13)25-11-5-7-20(10-11)15(22)12-9-17-21-6-2-8-24-16(12)21/h3-4,9,11H,2,5-8,10H2,1H3/t11-/m1/s1. The van der Waals surface area contributed by atoms with Crippen LogP contribution in [0.25, 0.3) is 0 Å². The summed E-state index contributed by atoms with van der Waals surface area (Å²) in [5.74, 6) is 1.35. The molecule has 0 aliphatic carbocycles. The first-order valence-electron chi connectivity index (χ1n) is 8.27. The van der Waals surface area contributed by atoms with E-state index >= 15 is 0 Å². The first kappa shape index (κ1) is 15.7. The molecule has 0 spiro atoms. The number of hydrogen-bond donors (Lipinski definition) is 0. The lowest BCUT2D eigenvalue weighted by molar-refractivity contribution is 0.0764. The van der Waals surface area contributed by atoms with Crippen LogP contribution in [0.5, 0.6) is 17.6 Å². The Morgan fingerprint density at radius 2 is 2.12 bits per heavy atom. The smallest absolute Gasteiger partial charge is 0.261 e. The topological polar surface area (TPSA) is 91.6 Å². The zero-order valence-electron chi connectivity index (χ0n) is 13.9. The second-order valence-corrected chi connectivity index (χ2v) is 5.98. The number of rotatable bonds is 4. The van der Waals surface area contributed by atoms with Gasteiger partial charge in [0, 0.05) is 38.1 Å². The van der Waals surface area contributed by atoms with E-state index in [0.717, 1.165) is 19.4 Å². The largest absolute Gasteiger partial charge is 0.480 e. The molecule has 25 heavy (non-hydrogen) atoms. The molecule has 2 aromatic rings. The molecule has 4 heterocycles. The predicted octanol–water partition coefficient (Wildman–Crippen LogP) is 0.758. The van der Waals surface area contributed by atoms with Crippen LogP contribution in [0.4, 0.5) is 0 Å². The number of ether oxygens (including phenoxy) is 3. The fourth-order valence-electron chi connectivity index (χ4n) is 3.05. The molecule has 0 saturated carbocycles. The van der Waals surface area contributed by atoms with Gasteiger partial charge in [0.25, 0.3) is 5.91 Å². The summed E-state index contributed by atoms with van der Waals surface area (Å²) in [6.07, 6.45) is 3.12. The average Bonchev–Trinajstić information content (AvgIpc) is 3.29. The Kier molecular flexibility index (Phi) is 4.12. The maximum absolute atomic E-state index is 12.8. The van der Waals surface area contributed by atoms with Crippen molar-refractivity contribution in [3.05, 3.63) is 23.9 Å². The summed E-state index contributed by atoms with van der Waals surface area (Å²) in [5, 5.41) is 12.1. The van der Waals surface area contributed by atoms with Crippen LogP contribution in [0.2, 0.25) is 0 Å². The number of fused-ring (bicyclic) bond motifs is 1. The molecule has 0 N–H and O–H groups in total. The highest BCUT2D eigenvalue weighted by Gasteiger charge is 2.32. The van der Waals surface area contributed by atoms with Gasteiger partial charge in [0.15, 0.2) is 0 Å². The predicted molar refractivity (Wildman–Crippen MR) is 85.9 cm³/mol. The van der Waals surface area contributed by atoms with Crippen LogP contribution >= 0.6 is 0 Å². The van der Waals surface area contributed by atoms with E-state index < -0.39 is 0 Å². The molecule has 9 heteroatoms. The van der Waals surface area contributed by atoms with E-state index in [1.807, 2.05) is 0 Å². The fourth-order valence-corrected chi connectivity index (χ4v) is 3.05. The highest BCUT2D eigenvalue weighted by atomic mass is 16.5. The van der Waals surface area contributed by atoms with E-state index in [9.17, 15) is 4.79 Å². The highest BCUT2D eigenvalue weighted by Crippen LogP contribution is 2.26. The highest BCUT2D eigenvalue weighted by molar-refractivity contribution is 5.96. The lowest BCUT2D eigenvalue weighted by atomic mass is 10.3. The molecule has 2 aromatic heterocycles. The molecule has 0 unspecified atom stereocenters. The van der Waals surface area contributed by atoms with Crippen LogP contribution in [-0.2, 0) is 6.54 Å². The minimum atomic E-state index is -0.112. The van der Waals surface area contributed by atoms with Gasteiger partial charge in [-0.3, -0.25) is 4.79 Å². The molecule has 1 fully saturated rings. The third kappa shape index (κ3) is 3.09. The Labute approximate surface area is 144 Å². The Morgan fingerprint density at radius 1 is 1.28 bits per heavy atom. The molecule has 1 amide bonds. The number of carbonyl (C=O) groups excluding carboxylic acids is 1. The van der Waals surface area contributed by atoms with Crippen molar-refractivity contribution in [2.24, 2.45) is 0 Å². The quantitative estimate of drug-likeness (QED) is 0.808. The van der Waals surface area contributed by atoms with Crippen molar-refractivity contribution in [1.29, 1.82) is 0 Å². The van der Waals surface area contributed by atoms with Gasteiger partial charge in [-0.1, -0.05) is 0 Å². The number of likely N-dealkylation sites (tertiary alicyclic amines) is 1. The molecule has 2 aliphatic heterocycles. The summed E-state index contributed by atoms with van der Waals surface area (Å²) in [6.45, 7) is 2.52. The maximum atomic E-state index is 12.8. The third-order valence-electron chi connectivity index (χ3n) is 4.32. The molecule has 4 rings (SSSR count). The van der Waals surface area contributed by atoms with Gasteiger partial charge in [-0.15, -0.1) is 10.2 Å². The van der Waals surface area contributed by atoms with Crippen molar-refractivity contribution in [2.75, 3.05) is 26.8 Å². The van der Waals surface area contributed by atoms with E-state index in [1.54, 1.807) is 27.9 Å². The summed E-state index contributed by atoms with van der Waals surface area (Å²) in [4.78, 5) is 14.5. The Morgan fingerprint density at radius 3 is 2.92 bits per heavy atom. The number of carbonyl (C=O) groups is 1. The average molecular weight is 345 g/mol. The molecule has 0 radical (unpaired) electrons. The molecule has 0 bridgehead atoms. The lowest BCUT2D eigenvalue weighted by Gasteiger charge is -2.19. The maximum Gasteiger partial charge on any atom is 0.261 e. The van der Waals surface area contributed by atoms with Crippen LogP contribution < -0.4 is 14.2 Å². The number of nitrogens with zero attached hydrogens (tertiary/aromatic N) is 5. The number of amides is 1. The molecule has 1 saturated heterocycles. The van der Waals surface area contributed by atoms with E-state index in [1.165, 1.54) is 7.11 Å².